The van der Waals surface area contributed by atoms with Crippen LogP contribution in [0.1, 0.15) is 23.6 Å². The van der Waals surface area contributed by atoms with Gasteiger partial charge in [-0.3, -0.25) is 4.79 Å². The molecule has 0 bridgehead atoms. The van der Waals surface area contributed by atoms with Gasteiger partial charge in [0.25, 0.3) is 5.91 Å². The Bertz CT molecular complexity index is 835. The van der Waals surface area contributed by atoms with Gasteiger partial charge in [-0.1, -0.05) is 35.3 Å². The van der Waals surface area contributed by atoms with Crippen molar-refractivity contribution >= 4 is 34.8 Å². The molecule has 132 valence electrons. The van der Waals surface area contributed by atoms with Gasteiger partial charge in [0.15, 0.2) is 6.61 Å². The summed E-state index contributed by atoms with van der Waals surface area (Å²) in [5, 5.41) is 14.4. The van der Waals surface area contributed by atoms with Crippen molar-refractivity contribution in [2.75, 3.05) is 6.61 Å². The smallest absolute Gasteiger partial charge is 0.277 e. The number of nitrogens with one attached hydrogen (secondary N) is 1. The van der Waals surface area contributed by atoms with E-state index in [1.807, 2.05) is 32.0 Å². The SMILES string of the molecule is C/C(=N\NC(=O)COc1cc(C)ccc1C)c1cc(Cl)cc(Cl)c1O. The van der Waals surface area contributed by atoms with E-state index in [-0.39, 0.29) is 17.4 Å². The highest BCUT2D eigenvalue weighted by atomic mass is 35.5. The van der Waals surface area contributed by atoms with E-state index < -0.39 is 5.91 Å². The lowest BCUT2D eigenvalue weighted by molar-refractivity contribution is -0.123. The van der Waals surface area contributed by atoms with Crippen LogP contribution in [0.5, 0.6) is 11.5 Å². The van der Waals surface area contributed by atoms with Crippen molar-refractivity contribution < 1.29 is 14.6 Å². The highest BCUT2D eigenvalue weighted by molar-refractivity contribution is 6.36. The number of nitrogens with zero attached hydrogens (tertiary/aromatic N) is 1. The molecule has 0 aliphatic rings. The Morgan fingerprint density at radius 1 is 1.24 bits per heavy atom. The Balaban J connectivity index is 2.01. The largest absolute Gasteiger partial charge is 0.506 e. The van der Waals surface area contributed by atoms with Crippen molar-refractivity contribution in [2.45, 2.75) is 20.8 Å². The van der Waals surface area contributed by atoms with Crippen molar-refractivity contribution in [1.29, 1.82) is 0 Å². The number of rotatable bonds is 5. The van der Waals surface area contributed by atoms with Crippen molar-refractivity contribution in [3.05, 3.63) is 57.1 Å². The number of ether oxygens (including phenoxy) is 1. The van der Waals surface area contributed by atoms with E-state index >= 15 is 0 Å². The van der Waals surface area contributed by atoms with Crippen molar-refractivity contribution in [3.8, 4) is 11.5 Å². The van der Waals surface area contributed by atoms with E-state index in [0.717, 1.165) is 11.1 Å². The molecular formula is C18H18Cl2N2O3. The van der Waals surface area contributed by atoms with Crippen LogP contribution in [0.4, 0.5) is 0 Å². The fourth-order valence-electron chi connectivity index (χ4n) is 2.09. The van der Waals surface area contributed by atoms with E-state index in [1.54, 1.807) is 6.92 Å². The third-order valence-corrected chi connectivity index (χ3v) is 3.98. The zero-order valence-corrected chi connectivity index (χ0v) is 15.6. The van der Waals surface area contributed by atoms with Gasteiger partial charge in [0, 0.05) is 10.6 Å². The molecule has 0 unspecified atom stereocenters. The highest BCUT2D eigenvalue weighted by Crippen LogP contribution is 2.31. The highest BCUT2D eigenvalue weighted by Gasteiger charge is 2.11. The molecule has 2 aromatic carbocycles. The number of phenols is 1. The van der Waals surface area contributed by atoms with Crippen LogP contribution in [0, 0.1) is 13.8 Å². The minimum Gasteiger partial charge on any atom is -0.506 e. The van der Waals surface area contributed by atoms with Crippen molar-refractivity contribution in [2.24, 2.45) is 5.10 Å². The van der Waals surface area contributed by atoms with Gasteiger partial charge in [-0.25, -0.2) is 5.43 Å². The molecule has 0 fully saturated rings. The summed E-state index contributed by atoms with van der Waals surface area (Å²) in [7, 11) is 0. The number of aryl methyl sites for hydroxylation is 2. The molecule has 0 radical (unpaired) electrons. The van der Waals surface area contributed by atoms with Crippen LogP contribution in [-0.4, -0.2) is 23.3 Å². The van der Waals surface area contributed by atoms with E-state index in [2.05, 4.69) is 10.5 Å². The lowest BCUT2D eigenvalue weighted by Crippen LogP contribution is -2.25. The molecule has 0 aromatic heterocycles. The van der Waals surface area contributed by atoms with E-state index in [0.29, 0.717) is 22.0 Å². The number of carbonyl (C=O) groups is 1. The van der Waals surface area contributed by atoms with Crippen LogP contribution < -0.4 is 10.2 Å². The second-order valence-corrected chi connectivity index (χ2v) is 6.42. The predicted molar refractivity (Wildman–Crippen MR) is 99.9 cm³/mol. The Kier molecular flexibility index (Phi) is 6.28. The fourth-order valence-corrected chi connectivity index (χ4v) is 2.58. The van der Waals surface area contributed by atoms with Gasteiger partial charge in [0.2, 0.25) is 0 Å². The van der Waals surface area contributed by atoms with Gasteiger partial charge in [-0.15, -0.1) is 0 Å². The second kappa shape index (κ2) is 8.23. The summed E-state index contributed by atoms with van der Waals surface area (Å²) in [6.07, 6.45) is 0. The van der Waals surface area contributed by atoms with Crippen LogP contribution in [0.15, 0.2) is 35.4 Å². The number of amides is 1. The molecule has 25 heavy (non-hydrogen) atoms. The molecule has 0 saturated heterocycles. The zero-order chi connectivity index (χ0) is 18.6. The molecule has 7 heteroatoms. The first-order valence-electron chi connectivity index (χ1n) is 7.49. The van der Waals surface area contributed by atoms with Crippen LogP contribution in [0.3, 0.4) is 0 Å². The summed E-state index contributed by atoms with van der Waals surface area (Å²) in [6, 6.07) is 8.70. The Morgan fingerprint density at radius 3 is 2.68 bits per heavy atom. The van der Waals surface area contributed by atoms with Crippen molar-refractivity contribution in [3.63, 3.8) is 0 Å². The number of benzene rings is 2. The normalized spacial score (nSPS) is 11.3. The molecule has 0 aliphatic carbocycles. The Labute approximate surface area is 156 Å². The Hall–Kier alpha value is -2.24. The number of hydrazone groups is 1. The molecule has 0 atom stereocenters. The first-order chi connectivity index (χ1) is 11.8. The average Bonchev–Trinajstić information content (AvgIpc) is 2.56. The first-order valence-corrected chi connectivity index (χ1v) is 8.25. The number of hydrogen-bond donors (Lipinski definition) is 2. The third-order valence-electron chi connectivity index (χ3n) is 3.47. The summed E-state index contributed by atoms with van der Waals surface area (Å²) in [6.45, 7) is 5.29. The number of phenolic OH excluding ortho intramolecular Hbond substituents is 1. The van der Waals surface area contributed by atoms with Crippen LogP contribution in [0.25, 0.3) is 0 Å². The number of aromatic hydroxyl groups is 1. The van der Waals surface area contributed by atoms with Crippen LogP contribution in [-0.2, 0) is 4.79 Å². The van der Waals surface area contributed by atoms with Crippen LogP contribution >= 0.6 is 23.2 Å². The number of hydrogen-bond acceptors (Lipinski definition) is 4. The predicted octanol–water partition coefficient (Wildman–Crippen LogP) is 4.24. The molecule has 0 saturated carbocycles. The van der Waals surface area contributed by atoms with Gasteiger partial charge in [0.05, 0.1) is 10.7 Å². The molecule has 5 nitrogen and oxygen atoms in total. The maximum absolute atomic E-state index is 11.9. The van der Waals surface area contributed by atoms with Gasteiger partial charge in [-0.05, 0) is 50.1 Å². The zero-order valence-electron chi connectivity index (χ0n) is 14.1. The lowest BCUT2D eigenvalue weighted by Gasteiger charge is -2.10. The molecule has 2 N–H and O–H groups in total. The Morgan fingerprint density at radius 2 is 1.96 bits per heavy atom. The van der Waals surface area contributed by atoms with Crippen LogP contribution in [0.2, 0.25) is 10.0 Å². The quantitative estimate of drug-likeness (QED) is 0.601. The van der Waals surface area contributed by atoms with Crippen molar-refractivity contribution in [1.82, 2.24) is 5.43 Å². The van der Waals surface area contributed by atoms with Gasteiger partial charge in [-0.2, -0.15) is 5.10 Å². The number of halogens is 2. The third kappa shape index (κ3) is 5.11. The monoisotopic (exact) mass is 380 g/mol. The summed E-state index contributed by atoms with van der Waals surface area (Å²) in [4.78, 5) is 11.9. The van der Waals surface area contributed by atoms with Gasteiger partial charge < -0.3 is 9.84 Å². The first kappa shape index (κ1) is 19.1. The molecule has 0 heterocycles. The molecule has 0 aliphatic heterocycles. The minimum absolute atomic E-state index is 0.113. The van der Waals surface area contributed by atoms with E-state index in [1.165, 1.54) is 12.1 Å². The molecular weight excluding hydrogens is 363 g/mol. The summed E-state index contributed by atoms with van der Waals surface area (Å²) >= 11 is 11.8. The number of carbonyl (C=O) groups excluding carboxylic acids is 1. The molecule has 2 rings (SSSR count). The molecule has 2 aromatic rings. The van der Waals surface area contributed by atoms with Gasteiger partial charge >= 0.3 is 0 Å². The van der Waals surface area contributed by atoms with E-state index in [9.17, 15) is 9.90 Å². The average molecular weight is 381 g/mol. The summed E-state index contributed by atoms with van der Waals surface area (Å²) in [5.74, 6) is 0.0798. The van der Waals surface area contributed by atoms with Gasteiger partial charge in [0.1, 0.15) is 11.5 Å². The molecule has 1 amide bonds. The summed E-state index contributed by atoms with van der Waals surface area (Å²) in [5.41, 5.74) is 5.07. The lowest BCUT2D eigenvalue weighted by atomic mass is 10.1. The standard InChI is InChI=1S/C18H18Cl2N2O3/c1-10-4-5-11(2)16(6-10)25-9-17(23)22-21-12(3)14-7-13(19)8-15(20)18(14)24/h4-8,24H,9H2,1-3H3,(H,22,23)/b21-12+. The minimum atomic E-state index is -0.423. The second-order valence-electron chi connectivity index (χ2n) is 5.57. The molecule has 0 spiro atoms. The van der Waals surface area contributed by atoms with E-state index in [4.69, 9.17) is 27.9 Å². The maximum Gasteiger partial charge on any atom is 0.277 e. The maximum atomic E-state index is 11.9. The fraction of sp³-hybridized carbons (Fsp3) is 0.222. The summed E-state index contributed by atoms with van der Waals surface area (Å²) < 4.78 is 5.51. The topological polar surface area (TPSA) is 70.9 Å².